The van der Waals surface area contributed by atoms with E-state index >= 15 is 0 Å². The fraction of sp³-hybridized carbons (Fsp3) is 0.125. The van der Waals surface area contributed by atoms with Crippen molar-refractivity contribution in [1.29, 1.82) is 0 Å². The van der Waals surface area contributed by atoms with Crippen LogP contribution in [0.25, 0.3) is 0 Å². The lowest BCUT2D eigenvalue weighted by atomic mass is 10.1. The molecule has 0 atom stereocenters. The van der Waals surface area contributed by atoms with Gasteiger partial charge in [0.1, 0.15) is 0 Å². The molecule has 0 heterocycles. The summed E-state index contributed by atoms with van der Waals surface area (Å²) in [5.41, 5.74) is 1.86. The van der Waals surface area contributed by atoms with Crippen LogP contribution in [0.15, 0.2) is 34.3 Å². The van der Waals surface area contributed by atoms with Crippen molar-refractivity contribution in [3.05, 3.63) is 29.8 Å². The summed E-state index contributed by atoms with van der Waals surface area (Å²) < 4.78 is 0. The van der Waals surface area contributed by atoms with Crippen LogP contribution >= 0.6 is 12.6 Å². The van der Waals surface area contributed by atoms with E-state index in [9.17, 15) is 0 Å². The molecular formula is C8H10N2S. The summed E-state index contributed by atoms with van der Waals surface area (Å²) in [6.07, 6.45) is 0. The minimum Gasteiger partial charge on any atom is -0.323 e. The van der Waals surface area contributed by atoms with Crippen molar-refractivity contribution in [1.82, 2.24) is 0 Å². The summed E-state index contributed by atoms with van der Waals surface area (Å²) in [6, 6.07) is 7.70. The molecule has 0 fully saturated rings. The number of rotatable bonds is 1. The van der Waals surface area contributed by atoms with Crippen LogP contribution in [-0.2, 0) is 0 Å². The zero-order chi connectivity index (χ0) is 8.27. The van der Waals surface area contributed by atoms with Crippen LogP contribution < -0.4 is 5.84 Å². The molecule has 0 amide bonds. The first-order valence-electron chi connectivity index (χ1n) is 3.28. The van der Waals surface area contributed by atoms with Crippen molar-refractivity contribution < 1.29 is 0 Å². The van der Waals surface area contributed by atoms with Gasteiger partial charge in [-0.15, -0.1) is 12.6 Å². The van der Waals surface area contributed by atoms with Gasteiger partial charge in [0.2, 0.25) is 0 Å². The molecule has 3 heteroatoms. The number of hydrogen-bond acceptors (Lipinski definition) is 3. The van der Waals surface area contributed by atoms with Crippen LogP contribution in [0.1, 0.15) is 12.5 Å². The fourth-order valence-electron chi connectivity index (χ4n) is 0.777. The van der Waals surface area contributed by atoms with E-state index in [0.29, 0.717) is 0 Å². The Labute approximate surface area is 71.5 Å². The number of nitrogens with two attached hydrogens (primary N) is 1. The Kier molecular flexibility index (Phi) is 2.54. The minimum absolute atomic E-state index is 0.832. The van der Waals surface area contributed by atoms with Gasteiger partial charge < -0.3 is 5.84 Å². The second kappa shape index (κ2) is 3.44. The molecular weight excluding hydrogens is 156 g/mol. The normalized spacial score (nSPS) is 11.6. The molecule has 0 radical (unpaired) electrons. The maximum atomic E-state index is 5.11. The second-order valence-electron chi connectivity index (χ2n) is 2.26. The Morgan fingerprint density at radius 3 is 2.36 bits per heavy atom. The third-order valence-electron chi connectivity index (χ3n) is 1.48. The fourth-order valence-corrected chi connectivity index (χ4v) is 0.926. The van der Waals surface area contributed by atoms with E-state index < -0.39 is 0 Å². The molecule has 0 aliphatic rings. The maximum Gasteiger partial charge on any atom is 0.0641 e. The Morgan fingerprint density at radius 1 is 1.36 bits per heavy atom. The van der Waals surface area contributed by atoms with E-state index in [2.05, 4.69) is 17.7 Å². The first-order valence-corrected chi connectivity index (χ1v) is 3.72. The van der Waals surface area contributed by atoms with Gasteiger partial charge in [-0.3, -0.25) is 0 Å². The van der Waals surface area contributed by atoms with Gasteiger partial charge in [-0.25, -0.2) is 0 Å². The molecule has 0 spiro atoms. The Hall–Kier alpha value is -0.960. The van der Waals surface area contributed by atoms with Crippen LogP contribution in [0.4, 0.5) is 0 Å². The van der Waals surface area contributed by atoms with Crippen molar-refractivity contribution in [3.8, 4) is 0 Å². The van der Waals surface area contributed by atoms with Gasteiger partial charge in [0.15, 0.2) is 0 Å². The lowest BCUT2D eigenvalue weighted by Gasteiger charge is -1.97. The molecule has 0 aliphatic heterocycles. The van der Waals surface area contributed by atoms with E-state index in [1.165, 1.54) is 0 Å². The topological polar surface area (TPSA) is 38.4 Å². The Morgan fingerprint density at radius 2 is 1.91 bits per heavy atom. The highest BCUT2D eigenvalue weighted by molar-refractivity contribution is 7.80. The SMILES string of the molecule is C/C(=N\N)c1ccc(S)cc1. The van der Waals surface area contributed by atoms with Gasteiger partial charge in [-0.1, -0.05) is 12.1 Å². The van der Waals surface area contributed by atoms with Crippen molar-refractivity contribution in [3.63, 3.8) is 0 Å². The Balaban J connectivity index is 2.99. The van der Waals surface area contributed by atoms with Gasteiger partial charge in [-0.05, 0) is 24.6 Å². The number of thiol groups is 1. The van der Waals surface area contributed by atoms with Gasteiger partial charge in [0, 0.05) is 4.90 Å². The standard InChI is InChI=1S/C8H10N2S/c1-6(10-9)7-2-4-8(11)5-3-7/h2-5,11H,9H2,1H3/b10-6+. The highest BCUT2D eigenvalue weighted by atomic mass is 32.1. The van der Waals surface area contributed by atoms with Gasteiger partial charge in [0.05, 0.1) is 5.71 Å². The minimum atomic E-state index is 0.832. The molecule has 58 valence electrons. The van der Waals surface area contributed by atoms with Crippen molar-refractivity contribution in [2.75, 3.05) is 0 Å². The average Bonchev–Trinajstić information content (AvgIpc) is 2.05. The van der Waals surface area contributed by atoms with E-state index in [1.54, 1.807) is 0 Å². The third kappa shape index (κ3) is 1.98. The van der Waals surface area contributed by atoms with Crippen molar-refractivity contribution >= 4 is 18.3 Å². The molecule has 0 saturated heterocycles. The van der Waals surface area contributed by atoms with Crippen molar-refractivity contribution in [2.24, 2.45) is 10.9 Å². The third-order valence-corrected chi connectivity index (χ3v) is 1.78. The zero-order valence-corrected chi connectivity index (χ0v) is 7.18. The second-order valence-corrected chi connectivity index (χ2v) is 2.78. The van der Waals surface area contributed by atoms with Gasteiger partial charge in [-0.2, -0.15) is 5.10 Å². The molecule has 2 nitrogen and oxygen atoms in total. The molecule has 0 unspecified atom stereocenters. The van der Waals surface area contributed by atoms with Crippen LogP contribution in [0.3, 0.4) is 0 Å². The molecule has 0 bridgehead atoms. The summed E-state index contributed by atoms with van der Waals surface area (Å²) in [5.74, 6) is 5.11. The van der Waals surface area contributed by atoms with Crippen LogP contribution in [0, 0.1) is 0 Å². The predicted molar refractivity (Wildman–Crippen MR) is 50.1 cm³/mol. The summed E-state index contributed by atoms with van der Waals surface area (Å²) in [4.78, 5) is 0.943. The summed E-state index contributed by atoms with van der Waals surface area (Å²) in [7, 11) is 0. The van der Waals surface area contributed by atoms with Crippen LogP contribution in [0.5, 0.6) is 0 Å². The highest BCUT2D eigenvalue weighted by Gasteiger charge is 1.94. The lowest BCUT2D eigenvalue weighted by Crippen LogP contribution is -1.97. The number of nitrogens with zero attached hydrogens (tertiary/aromatic N) is 1. The molecule has 1 rings (SSSR count). The largest absolute Gasteiger partial charge is 0.323 e. The van der Waals surface area contributed by atoms with E-state index in [4.69, 9.17) is 5.84 Å². The van der Waals surface area contributed by atoms with E-state index in [0.717, 1.165) is 16.2 Å². The monoisotopic (exact) mass is 166 g/mol. The number of hydrazone groups is 1. The molecule has 0 saturated carbocycles. The zero-order valence-electron chi connectivity index (χ0n) is 6.28. The Bertz CT molecular complexity index is 264. The van der Waals surface area contributed by atoms with Crippen LogP contribution in [0.2, 0.25) is 0 Å². The molecule has 0 aromatic heterocycles. The predicted octanol–water partition coefficient (Wildman–Crippen LogP) is 1.66. The number of hydrogen-bond donors (Lipinski definition) is 2. The smallest absolute Gasteiger partial charge is 0.0641 e. The maximum absolute atomic E-state index is 5.11. The molecule has 0 aliphatic carbocycles. The lowest BCUT2D eigenvalue weighted by molar-refractivity contribution is 1.23. The van der Waals surface area contributed by atoms with Crippen molar-refractivity contribution in [2.45, 2.75) is 11.8 Å². The molecule has 11 heavy (non-hydrogen) atoms. The summed E-state index contributed by atoms with van der Waals surface area (Å²) in [5, 5.41) is 3.58. The highest BCUT2D eigenvalue weighted by Crippen LogP contribution is 2.07. The van der Waals surface area contributed by atoms with Gasteiger partial charge >= 0.3 is 0 Å². The summed E-state index contributed by atoms with van der Waals surface area (Å²) in [6.45, 7) is 1.87. The molecule has 1 aromatic carbocycles. The quantitative estimate of drug-likeness (QED) is 0.283. The van der Waals surface area contributed by atoms with E-state index in [-0.39, 0.29) is 0 Å². The van der Waals surface area contributed by atoms with E-state index in [1.807, 2.05) is 31.2 Å². The molecule has 2 N–H and O–H groups in total. The van der Waals surface area contributed by atoms with Gasteiger partial charge in [0.25, 0.3) is 0 Å². The summed E-state index contributed by atoms with van der Waals surface area (Å²) >= 11 is 4.16. The average molecular weight is 166 g/mol. The van der Waals surface area contributed by atoms with Crippen LogP contribution in [-0.4, -0.2) is 5.71 Å². The molecule has 1 aromatic rings. The first-order chi connectivity index (χ1) is 5.24. The number of benzene rings is 1. The first kappa shape index (κ1) is 8.14.